The van der Waals surface area contributed by atoms with Gasteiger partial charge < -0.3 is 15.2 Å². The van der Waals surface area contributed by atoms with Crippen molar-refractivity contribution in [2.45, 2.75) is 77.0 Å². The molecule has 0 aliphatic heterocycles. The zero-order valence-corrected chi connectivity index (χ0v) is 15.4. The Morgan fingerprint density at radius 3 is 2.65 bits per heavy atom. The van der Waals surface area contributed by atoms with Crippen molar-refractivity contribution in [2.75, 3.05) is 0 Å². The highest BCUT2D eigenvalue weighted by atomic mass is 16.6. The molecule has 2 unspecified atom stereocenters. The fraction of sp³-hybridized carbons (Fsp3) is 0.632. The summed E-state index contributed by atoms with van der Waals surface area (Å²) in [4.78, 5) is 22.7. The molecular formula is C19H28N2O5. The van der Waals surface area contributed by atoms with Gasteiger partial charge in [-0.15, -0.1) is 0 Å². The number of carbonyl (C=O) groups is 1. The summed E-state index contributed by atoms with van der Waals surface area (Å²) in [6.45, 7) is 3.29. The zero-order valence-electron chi connectivity index (χ0n) is 15.4. The molecule has 1 amide bonds. The molecule has 0 radical (unpaired) electrons. The second kappa shape index (κ2) is 9.52. The van der Waals surface area contributed by atoms with E-state index in [-0.39, 0.29) is 35.1 Å². The molecule has 7 nitrogen and oxygen atoms in total. The van der Waals surface area contributed by atoms with Crippen LogP contribution in [0.2, 0.25) is 0 Å². The number of nitrogens with zero attached hydrogens (tertiary/aromatic N) is 1. The first-order valence-electron chi connectivity index (χ1n) is 9.30. The molecule has 7 heteroatoms. The van der Waals surface area contributed by atoms with Gasteiger partial charge >= 0.3 is 0 Å². The van der Waals surface area contributed by atoms with E-state index < -0.39 is 11.0 Å². The number of nitrogens with one attached hydrogen (secondary N) is 1. The van der Waals surface area contributed by atoms with Gasteiger partial charge in [0.25, 0.3) is 5.69 Å². The van der Waals surface area contributed by atoms with Gasteiger partial charge in [0.1, 0.15) is 5.75 Å². The summed E-state index contributed by atoms with van der Waals surface area (Å²) in [6.07, 6.45) is 5.19. The molecular weight excluding hydrogens is 336 g/mol. The summed E-state index contributed by atoms with van der Waals surface area (Å²) in [7, 11) is 0. The standard InChI is InChI=1S/C19H28N2O5/c1-13(11-12-18(23)20-15-7-4-3-5-8-15)26-17-10-6-9-16(21(24)25)19(17)14(2)22/h6,9-10,13-15,22H,3-5,7-8,11-12H2,1-2H3,(H,20,23). The van der Waals surface area contributed by atoms with E-state index in [1.807, 2.05) is 6.92 Å². The highest BCUT2D eigenvalue weighted by Crippen LogP contribution is 2.34. The van der Waals surface area contributed by atoms with E-state index in [2.05, 4.69) is 5.32 Å². The van der Waals surface area contributed by atoms with Crippen LogP contribution in [0.1, 0.15) is 70.5 Å². The van der Waals surface area contributed by atoms with Gasteiger partial charge in [-0.25, -0.2) is 0 Å². The van der Waals surface area contributed by atoms with Gasteiger partial charge in [-0.2, -0.15) is 0 Å². The highest BCUT2D eigenvalue weighted by molar-refractivity contribution is 5.76. The Bertz CT molecular complexity index is 626. The van der Waals surface area contributed by atoms with E-state index >= 15 is 0 Å². The lowest BCUT2D eigenvalue weighted by Crippen LogP contribution is -2.36. The monoisotopic (exact) mass is 364 g/mol. The molecule has 1 aromatic carbocycles. The van der Waals surface area contributed by atoms with Crippen LogP contribution in [0.5, 0.6) is 5.75 Å². The lowest BCUT2D eigenvalue weighted by Gasteiger charge is -2.23. The lowest BCUT2D eigenvalue weighted by molar-refractivity contribution is -0.386. The maximum absolute atomic E-state index is 12.1. The summed E-state index contributed by atoms with van der Waals surface area (Å²) >= 11 is 0. The molecule has 1 aromatic rings. The molecule has 26 heavy (non-hydrogen) atoms. The van der Waals surface area contributed by atoms with Crippen LogP contribution in [0.3, 0.4) is 0 Å². The van der Waals surface area contributed by atoms with Crippen LogP contribution in [0.4, 0.5) is 5.69 Å². The van der Waals surface area contributed by atoms with E-state index in [1.165, 1.54) is 38.3 Å². The zero-order chi connectivity index (χ0) is 19.1. The van der Waals surface area contributed by atoms with E-state index in [0.717, 1.165) is 12.8 Å². The van der Waals surface area contributed by atoms with Crippen LogP contribution in [-0.4, -0.2) is 28.1 Å². The van der Waals surface area contributed by atoms with E-state index in [9.17, 15) is 20.0 Å². The Hall–Kier alpha value is -2.15. The summed E-state index contributed by atoms with van der Waals surface area (Å²) < 4.78 is 5.79. The third-order valence-corrected chi connectivity index (χ3v) is 4.73. The third kappa shape index (κ3) is 5.69. The molecule has 0 heterocycles. The summed E-state index contributed by atoms with van der Waals surface area (Å²) in [6, 6.07) is 4.76. The average molecular weight is 364 g/mol. The largest absolute Gasteiger partial charge is 0.490 e. The first kappa shape index (κ1) is 20.2. The Morgan fingerprint density at radius 1 is 1.35 bits per heavy atom. The van der Waals surface area contributed by atoms with Gasteiger partial charge in [-0.1, -0.05) is 25.3 Å². The Labute approximate surface area is 153 Å². The fourth-order valence-electron chi connectivity index (χ4n) is 3.37. The summed E-state index contributed by atoms with van der Waals surface area (Å²) in [5.74, 6) is 0.302. The number of benzene rings is 1. The number of ether oxygens (including phenoxy) is 1. The molecule has 1 aliphatic rings. The van der Waals surface area contributed by atoms with Crippen molar-refractivity contribution in [2.24, 2.45) is 0 Å². The number of hydrogen-bond donors (Lipinski definition) is 2. The number of nitro groups is 1. The average Bonchev–Trinajstić information content (AvgIpc) is 2.60. The predicted octanol–water partition coefficient (Wildman–Crippen LogP) is 3.64. The van der Waals surface area contributed by atoms with Crippen LogP contribution in [0.25, 0.3) is 0 Å². The van der Waals surface area contributed by atoms with Gasteiger partial charge in [0.05, 0.1) is 22.7 Å². The van der Waals surface area contributed by atoms with Gasteiger partial charge in [0, 0.05) is 18.5 Å². The maximum Gasteiger partial charge on any atom is 0.278 e. The molecule has 1 fully saturated rings. The van der Waals surface area contributed by atoms with E-state index in [4.69, 9.17) is 4.74 Å². The second-order valence-electron chi connectivity index (χ2n) is 6.99. The molecule has 1 aliphatic carbocycles. The van der Waals surface area contributed by atoms with E-state index in [1.54, 1.807) is 6.07 Å². The minimum atomic E-state index is -1.02. The van der Waals surface area contributed by atoms with Crippen LogP contribution < -0.4 is 10.1 Å². The number of hydrogen-bond acceptors (Lipinski definition) is 5. The molecule has 0 saturated heterocycles. The molecule has 1 saturated carbocycles. The molecule has 2 N–H and O–H groups in total. The smallest absolute Gasteiger partial charge is 0.278 e. The first-order valence-corrected chi connectivity index (χ1v) is 9.30. The quantitative estimate of drug-likeness (QED) is 0.541. The van der Waals surface area contributed by atoms with Crippen molar-refractivity contribution in [1.82, 2.24) is 5.32 Å². The summed E-state index contributed by atoms with van der Waals surface area (Å²) in [5, 5.41) is 24.1. The van der Waals surface area contributed by atoms with Gasteiger partial charge in [-0.05, 0) is 39.2 Å². The van der Waals surface area contributed by atoms with Crippen LogP contribution >= 0.6 is 0 Å². The number of nitro benzene ring substituents is 1. The predicted molar refractivity (Wildman–Crippen MR) is 98.1 cm³/mol. The molecule has 0 bridgehead atoms. The van der Waals surface area contributed by atoms with Crippen LogP contribution in [-0.2, 0) is 4.79 Å². The Morgan fingerprint density at radius 2 is 2.04 bits per heavy atom. The minimum absolute atomic E-state index is 0.0159. The SMILES string of the molecule is CC(CCC(=O)NC1CCCCC1)Oc1cccc([N+](=O)[O-])c1C(C)O. The molecule has 2 atom stereocenters. The van der Waals surface area contributed by atoms with Crippen molar-refractivity contribution in [3.05, 3.63) is 33.9 Å². The highest BCUT2D eigenvalue weighted by Gasteiger charge is 2.24. The number of carbonyl (C=O) groups excluding carboxylic acids is 1. The fourth-order valence-corrected chi connectivity index (χ4v) is 3.37. The summed E-state index contributed by atoms with van der Waals surface area (Å²) in [5.41, 5.74) is -0.00394. The minimum Gasteiger partial charge on any atom is -0.490 e. The molecule has 144 valence electrons. The Kier molecular flexibility index (Phi) is 7.38. The van der Waals surface area contributed by atoms with Crippen LogP contribution in [0.15, 0.2) is 18.2 Å². The Balaban J connectivity index is 1.91. The van der Waals surface area contributed by atoms with Crippen LogP contribution in [0, 0.1) is 10.1 Å². The first-order chi connectivity index (χ1) is 12.4. The number of aliphatic hydroxyl groups excluding tert-OH is 1. The van der Waals surface area contributed by atoms with Gasteiger partial charge in [0.15, 0.2) is 0 Å². The van der Waals surface area contributed by atoms with E-state index in [0.29, 0.717) is 12.8 Å². The number of amides is 1. The molecule has 0 spiro atoms. The van der Waals surface area contributed by atoms with Crippen molar-refractivity contribution >= 4 is 11.6 Å². The lowest BCUT2D eigenvalue weighted by atomic mass is 9.95. The van der Waals surface area contributed by atoms with Crippen molar-refractivity contribution < 1.29 is 19.6 Å². The van der Waals surface area contributed by atoms with Crippen molar-refractivity contribution in [3.63, 3.8) is 0 Å². The topological polar surface area (TPSA) is 102 Å². The normalized spacial score (nSPS) is 17.3. The molecule has 0 aromatic heterocycles. The number of aliphatic hydroxyl groups is 1. The maximum atomic E-state index is 12.1. The van der Waals surface area contributed by atoms with Crippen molar-refractivity contribution in [1.29, 1.82) is 0 Å². The van der Waals surface area contributed by atoms with Gasteiger partial charge in [0.2, 0.25) is 5.91 Å². The van der Waals surface area contributed by atoms with Gasteiger partial charge in [-0.3, -0.25) is 14.9 Å². The molecule has 2 rings (SSSR count). The van der Waals surface area contributed by atoms with Crippen molar-refractivity contribution in [3.8, 4) is 5.75 Å². The third-order valence-electron chi connectivity index (χ3n) is 4.73. The number of rotatable bonds is 8. The second-order valence-corrected chi connectivity index (χ2v) is 6.99.